The molecule has 4 rings (SSSR count). The van der Waals surface area contributed by atoms with Gasteiger partial charge in [-0.15, -0.1) is 0 Å². The molecule has 1 aromatic carbocycles. The van der Waals surface area contributed by atoms with Crippen LogP contribution in [0.5, 0.6) is 5.75 Å². The number of aliphatic imine (C=N–C) groups is 1. The maximum absolute atomic E-state index is 13.0. The molecule has 0 spiro atoms. The Morgan fingerprint density at radius 1 is 1.27 bits per heavy atom. The van der Waals surface area contributed by atoms with Crippen LogP contribution in [0.3, 0.4) is 0 Å². The van der Waals surface area contributed by atoms with E-state index >= 15 is 0 Å². The number of hydrogen-bond donors (Lipinski definition) is 1. The van der Waals surface area contributed by atoms with E-state index in [9.17, 15) is 9.59 Å². The van der Waals surface area contributed by atoms with Crippen molar-refractivity contribution in [1.29, 1.82) is 0 Å². The van der Waals surface area contributed by atoms with Crippen LogP contribution in [0.15, 0.2) is 74.4 Å². The van der Waals surface area contributed by atoms with Gasteiger partial charge < -0.3 is 24.1 Å². The van der Waals surface area contributed by atoms with E-state index in [0.29, 0.717) is 34.5 Å². The molecule has 0 saturated carbocycles. The number of nitrogens with one attached hydrogen (secondary N) is 1. The van der Waals surface area contributed by atoms with Crippen LogP contribution in [0.2, 0.25) is 0 Å². The molecule has 33 heavy (non-hydrogen) atoms. The van der Waals surface area contributed by atoms with Crippen LogP contribution in [0.25, 0.3) is 0 Å². The van der Waals surface area contributed by atoms with Crippen molar-refractivity contribution in [2.75, 3.05) is 13.7 Å². The molecule has 1 atom stereocenters. The van der Waals surface area contributed by atoms with Gasteiger partial charge in [0.15, 0.2) is 5.17 Å². The van der Waals surface area contributed by atoms with Crippen molar-refractivity contribution in [2.24, 2.45) is 4.99 Å². The van der Waals surface area contributed by atoms with E-state index in [-0.39, 0.29) is 18.9 Å². The van der Waals surface area contributed by atoms with Gasteiger partial charge in [0.05, 0.1) is 50.3 Å². The van der Waals surface area contributed by atoms with Gasteiger partial charge in [-0.05, 0) is 49.1 Å². The van der Waals surface area contributed by atoms with Gasteiger partial charge in [0.1, 0.15) is 11.5 Å². The summed E-state index contributed by atoms with van der Waals surface area (Å²) < 4.78 is 16.1. The molecule has 0 aliphatic carbocycles. The normalized spacial score (nSPS) is 17.3. The number of fused-ring (bicyclic) bond motifs is 1. The zero-order valence-electron chi connectivity index (χ0n) is 18.7. The standard InChI is InChI=1S/C24H25N3O5S/c1-4-31-23(29)21-15(2)26-24-27(22(21)16-7-5-8-18(11-16)30-3)17(14-33-24)12-20(28)25-13-19-9-6-10-32-19/h5-11,14,22H,4,12-13H2,1-3H3,(H,25,28). The van der Waals surface area contributed by atoms with E-state index in [2.05, 4.69) is 10.3 Å². The zero-order chi connectivity index (χ0) is 23.4. The van der Waals surface area contributed by atoms with Gasteiger partial charge in [-0.25, -0.2) is 9.79 Å². The number of allylic oxidation sites excluding steroid dienone is 1. The number of benzene rings is 1. The maximum atomic E-state index is 13.0. The summed E-state index contributed by atoms with van der Waals surface area (Å²) in [6.07, 6.45) is 1.70. The van der Waals surface area contributed by atoms with E-state index in [1.54, 1.807) is 39.4 Å². The van der Waals surface area contributed by atoms with Gasteiger partial charge in [-0.2, -0.15) is 0 Å². The molecule has 1 N–H and O–H groups in total. The highest BCUT2D eigenvalue weighted by molar-refractivity contribution is 8.16. The molecule has 172 valence electrons. The van der Waals surface area contributed by atoms with Crippen molar-refractivity contribution in [2.45, 2.75) is 32.9 Å². The summed E-state index contributed by atoms with van der Waals surface area (Å²) in [6, 6.07) is 10.6. The summed E-state index contributed by atoms with van der Waals surface area (Å²) in [4.78, 5) is 32.3. The highest BCUT2D eigenvalue weighted by atomic mass is 32.2. The molecule has 8 nitrogen and oxygen atoms in total. The largest absolute Gasteiger partial charge is 0.497 e. The van der Waals surface area contributed by atoms with Crippen molar-refractivity contribution in [3.05, 3.63) is 76.4 Å². The SMILES string of the molecule is CCOC(=O)C1=C(C)N=C2SC=C(CC(=O)NCc3ccco3)N2C1c1cccc(OC)c1. The lowest BCUT2D eigenvalue weighted by Crippen LogP contribution is -2.38. The highest BCUT2D eigenvalue weighted by Crippen LogP contribution is 2.45. The molecule has 2 aliphatic rings. The molecule has 0 radical (unpaired) electrons. The van der Waals surface area contributed by atoms with Gasteiger partial charge in [-0.1, -0.05) is 23.9 Å². The lowest BCUT2D eigenvalue weighted by molar-refractivity contribution is -0.139. The lowest BCUT2D eigenvalue weighted by Gasteiger charge is -2.36. The lowest BCUT2D eigenvalue weighted by atomic mass is 9.93. The Hall–Kier alpha value is -3.46. The maximum Gasteiger partial charge on any atom is 0.338 e. The molecule has 9 heteroatoms. The molecular formula is C24H25N3O5S. The number of rotatable bonds is 8. The number of ether oxygens (including phenoxy) is 2. The first-order chi connectivity index (χ1) is 16.0. The Balaban J connectivity index is 1.64. The van der Waals surface area contributed by atoms with Crippen LogP contribution in [-0.2, 0) is 20.9 Å². The molecule has 0 saturated heterocycles. The summed E-state index contributed by atoms with van der Waals surface area (Å²) in [5.41, 5.74) is 2.63. The minimum absolute atomic E-state index is 0.127. The number of amidine groups is 1. The molecule has 1 amide bonds. The third-order valence-electron chi connectivity index (χ3n) is 5.29. The van der Waals surface area contributed by atoms with Crippen molar-refractivity contribution in [1.82, 2.24) is 10.2 Å². The second kappa shape index (κ2) is 9.99. The van der Waals surface area contributed by atoms with Crippen molar-refractivity contribution < 1.29 is 23.5 Å². The first-order valence-electron chi connectivity index (χ1n) is 10.6. The summed E-state index contributed by atoms with van der Waals surface area (Å²) in [5.74, 6) is 0.763. The number of hydrogen-bond acceptors (Lipinski definition) is 8. The van der Waals surface area contributed by atoms with Gasteiger partial charge in [-0.3, -0.25) is 4.79 Å². The van der Waals surface area contributed by atoms with Crippen molar-refractivity contribution >= 4 is 28.8 Å². The number of esters is 1. The van der Waals surface area contributed by atoms with E-state index < -0.39 is 12.0 Å². The smallest absolute Gasteiger partial charge is 0.338 e. The zero-order valence-corrected chi connectivity index (χ0v) is 19.5. The number of methoxy groups -OCH3 is 1. The minimum Gasteiger partial charge on any atom is -0.497 e. The predicted octanol–water partition coefficient (Wildman–Crippen LogP) is 4.13. The minimum atomic E-state index is -0.495. The summed E-state index contributed by atoms with van der Waals surface area (Å²) >= 11 is 1.43. The number of thioether (sulfide) groups is 1. The number of carbonyl (C=O) groups excluding carboxylic acids is 2. The van der Waals surface area contributed by atoms with Crippen LogP contribution in [0, 0.1) is 0 Å². The van der Waals surface area contributed by atoms with Crippen LogP contribution in [-0.4, -0.2) is 35.7 Å². The molecule has 1 unspecified atom stereocenters. The molecule has 0 bridgehead atoms. The fourth-order valence-electron chi connectivity index (χ4n) is 3.79. The molecule has 2 aliphatic heterocycles. The van der Waals surface area contributed by atoms with Crippen LogP contribution in [0.1, 0.15) is 37.6 Å². The molecule has 3 heterocycles. The van der Waals surface area contributed by atoms with Gasteiger partial charge in [0.25, 0.3) is 0 Å². The fraction of sp³-hybridized carbons (Fsp3) is 0.292. The number of carbonyl (C=O) groups is 2. The monoisotopic (exact) mass is 467 g/mol. The predicted molar refractivity (Wildman–Crippen MR) is 125 cm³/mol. The summed E-state index contributed by atoms with van der Waals surface area (Å²) in [6.45, 7) is 4.13. The Labute approximate surface area is 196 Å². The first-order valence-corrected chi connectivity index (χ1v) is 11.4. The van der Waals surface area contributed by atoms with Crippen molar-refractivity contribution in [3.63, 3.8) is 0 Å². The molecule has 1 aromatic heterocycles. The molecule has 0 fully saturated rings. The van der Waals surface area contributed by atoms with Crippen LogP contribution >= 0.6 is 11.8 Å². The Kier molecular flexibility index (Phi) is 6.88. The Morgan fingerprint density at radius 2 is 2.12 bits per heavy atom. The van der Waals surface area contributed by atoms with E-state index in [1.165, 1.54) is 11.8 Å². The van der Waals surface area contributed by atoms with E-state index in [0.717, 1.165) is 11.3 Å². The van der Waals surface area contributed by atoms with Crippen LogP contribution in [0.4, 0.5) is 0 Å². The average Bonchev–Trinajstić information content (AvgIpc) is 3.47. The van der Waals surface area contributed by atoms with E-state index in [1.807, 2.05) is 34.6 Å². The Bertz CT molecular complexity index is 1140. The number of furan rings is 1. The fourth-order valence-corrected chi connectivity index (χ4v) is 4.76. The third kappa shape index (κ3) is 4.83. The average molecular weight is 468 g/mol. The summed E-state index contributed by atoms with van der Waals surface area (Å²) in [5, 5.41) is 5.48. The van der Waals surface area contributed by atoms with Gasteiger partial charge in [0, 0.05) is 5.70 Å². The van der Waals surface area contributed by atoms with E-state index in [4.69, 9.17) is 13.9 Å². The van der Waals surface area contributed by atoms with Gasteiger partial charge >= 0.3 is 5.97 Å². The second-order valence-electron chi connectivity index (χ2n) is 7.42. The van der Waals surface area contributed by atoms with Crippen LogP contribution < -0.4 is 10.1 Å². The highest BCUT2D eigenvalue weighted by Gasteiger charge is 2.41. The summed E-state index contributed by atoms with van der Waals surface area (Å²) in [7, 11) is 1.60. The third-order valence-corrected chi connectivity index (χ3v) is 6.18. The topological polar surface area (TPSA) is 93.4 Å². The van der Waals surface area contributed by atoms with Gasteiger partial charge in [0.2, 0.25) is 5.91 Å². The van der Waals surface area contributed by atoms with Crippen molar-refractivity contribution in [3.8, 4) is 5.75 Å². The Morgan fingerprint density at radius 3 is 2.85 bits per heavy atom. The second-order valence-corrected chi connectivity index (χ2v) is 8.26. The first kappa shape index (κ1) is 22.7. The molecular weight excluding hydrogens is 442 g/mol. The molecule has 2 aromatic rings. The quantitative estimate of drug-likeness (QED) is 0.584. The number of nitrogens with zero attached hydrogens (tertiary/aromatic N) is 2. The number of amides is 1.